The maximum absolute atomic E-state index is 4.57. The molecule has 122 valence electrons. The first kappa shape index (κ1) is 15.9. The molecule has 1 aliphatic heterocycles. The highest BCUT2D eigenvalue weighted by Gasteiger charge is 2.22. The highest BCUT2D eigenvalue weighted by molar-refractivity contribution is 5.30. The van der Waals surface area contributed by atoms with E-state index in [2.05, 4.69) is 43.9 Å². The molecule has 0 aromatic carbocycles. The van der Waals surface area contributed by atoms with Gasteiger partial charge in [0.25, 0.3) is 0 Å². The van der Waals surface area contributed by atoms with Crippen molar-refractivity contribution >= 4 is 5.95 Å². The van der Waals surface area contributed by atoms with E-state index in [1.54, 1.807) is 0 Å². The standard InChI is InChI=1S/C18H25N5/c1-15-8-11-20-18(21-15)23-12-5-7-17(9-13-23)22(2)14-16-6-3-4-10-19-16/h3-4,6,8,10-11,17H,5,7,9,12-14H2,1-2H3. The third-order valence-corrected chi connectivity index (χ3v) is 4.52. The van der Waals surface area contributed by atoms with E-state index in [0.717, 1.165) is 43.4 Å². The molecule has 3 rings (SSSR count). The predicted molar refractivity (Wildman–Crippen MR) is 92.3 cm³/mol. The van der Waals surface area contributed by atoms with Gasteiger partial charge in [-0.05, 0) is 51.4 Å². The predicted octanol–water partition coefficient (Wildman–Crippen LogP) is 2.67. The fourth-order valence-corrected chi connectivity index (χ4v) is 3.18. The molecule has 0 N–H and O–H groups in total. The van der Waals surface area contributed by atoms with Gasteiger partial charge in [0, 0.05) is 43.8 Å². The largest absolute Gasteiger partial charge is 0.341 e. The van der Waals surface area contributed by atoms with Crippen LogP contribution < -0.4 is 4.90 Å². The topological polar surface area (TPSA) is 45.2 Å². The first-order chi connectivity index (χ1) is 11.2. The van der Waals surface area contributed by atoms with Crippen molar-refractivity contribution in [1.29, 1.82) is 0 Å². The van der Waals surface area contributed by atoms with Crippen LogP contribution in [0.2, 0.25) is 0 Å². The summed E-state index contributed by atoms with van der Waals surface area (Å²) < 4.78 is 0. The number of anilines is 1. The van der Waals surface area contributed by atoms with E-state index < -0.39 is 0 Å². The zero-order chi connectivity index (χ0) is 16.1. The summed E-state index contributed by atoms with van der Waals surface area (Å²) in [6, 6.07) is 8.66. The second-order valence-electron chi connectivity index (χ2n) is 6.31. The second kappa shape index (κ2) is 7.51. The smallest absolute Gasteiger partial charge is 0.225 e. The average molecular weight is 311 g/mol. The lowest BCUT2D eigenvalue weighted by molar-refractivity contribution is 0.215. The number of pyridine rings is 1. The molecule has 1 unspecified atom stereocenters. The summed E-state index contributed by atoms with van der Waals surface area (Å²) in [4.78, 5) is 18.2. The van der Waals surface area contributed by atoms with Crippen molar-refractivity contribution in [2.24, 2.45) is 0 Å². The van der Waals surface area contributed by atoms with Crippen molar-refractivity contribution in [1.82, 2.24) is 19.9 Å². The number of nitrogens with zero attached hydrogens (tertiary/aromatic N) is 5. The van der Waals surface area contributed by atoms with Gasteiger partial charge < -0.3 is 4.90 Å². The molecule has 0 radical (unpaired) electrons. The van der Waals surface area contributed by atoms with E-state index in [4.69, 9.17) is 0 Å². The van der Waals surface area contributed by atoms with E-state index in [9.17, 15) is 0 Å². The molecular formula is C18H25N5. The van der Waals surface area contributed by atoms with Crippen LogP contribution in [0.3, 0.4) is 0 Å². The third-order valence-electron chi connectivity index (χ3n) is 4.52. The van der Waals surface area contributed by atoms with E-state index >= 15 is 0 Å². The molecule has 0 amide bonds. The minimum absolute atomic E-state index is 0.590. The van der Waals surface area contributed by atoms with Gasteiger partial charge in [-0.2, -0.15) is 0 Å². The molecule has 5 heteroatoms. The number of aromatic nitrogens is 3. The molecule has 5 nitrogen and oxygen atoms in total. The molecular weight excluding hydrogens is 286 g/mol. The van der Waals surface area contributed by atoms with E-state index in [0.29, 0.717) is 6.04 Å². The summed E-state index contributed by atoms with van der Waals surface area (Å²) in [5.41, 5.74) is 2.17. The number of aryl methyl sites for hydroxylation is 1. The first-order valence-electron chi connectivity index (χ1n) is 8.37. The Morgan fingerprint density at radius 1 is 1.13 bits per heavy atom. The summed E-state index contributed by atoms with van der Waals surface area (Å²) >= 11 is 0. The minimum Gasteiger partial charge on any atom is -0.341 e. The highest BCUT2D eigenvalue weighted by Crippen LogP contribution is 2.20. The molecule has 2 aromatic rings. The Morgan fingerprint density at radius 2 is 2.04 bits per heavy atom. The Morgan fingerprint density at radius 3 is 2.83 bits per heavy atom. The molecule has 1 saturated heterocycles. The number of rotatable bonds is 4. The van der Waals surface area contributed by atoms with Crippen LogP contribution in [0.25, 0.3) is 0 Å². The molecule has 1 atom stereocenters. The van der Waals surface area contributed by atoms with Crippen LogP contribution in [0.4, 0.5) is 5.95 Å². The van der Waals surface area contributed by atoms with E-state index in [1.165, 1.54) is 12.8 Å². The Hall–Kier alpha value is -2.01. The van der Waals surface area contributed by atoms with Gasteiger partial charge in [-0.3, -0.25) is 9.88 Å². The fourth-order valence-electron chi connectivity index (χ4n) is 3.18. The number of hydrogen-bond donors (Lipinski definition) is 0. The summed E-state index contributed by atoms with van der Waals surface area (Å²) in [5.74, 6) is 0.873. The van der Waals surface area contributed by atoms with Crippen molar-refractivity contribution in [2.75, 3.05) is 25.0 Å². The fraction of sp³-hybridized carbons (Fsp3) is 0.500. The normalized spacial score (nSPS) is 18.9. The maximum atomic E-state index is 4.57. The average Bonchev–Trinajstić information content (AvgIpc) is 2.82. The molecule has 1 aliphatic rings. The summed E-state index contributed by atoms with van der Waals surface area (Å²) in [7, 11) is 2.21. The number of hydrogen-bond acceptors (Lipinski definition) is 5. The van der Waals surface area contributed by atoms with Gasteiger partial charge >= 0.3 is 0 Å². The third kappa shape index (κ3) is 4.26. The lowest BCUT2D eigenvalue weighted by atomic mass is 10.1. The monoisotopic (exact) mass is 311 g/mol. The van der Waals surface area contributed by atoms with Crippen LogP contribution in [-0.4, -0.2) is 46.0 Å². The lowest BCUT2D eigenvalue weighted by Gasteiger charge is -2.27. The Bertz CT molecular complexity index is 616. The molecule has 2 aromatic heterocycles. The van der Waals surface area contributed by atoms with Crippen LogP contribution in [-0.2, 0) is 6.54 Å². The summed E-state index contributed by atoms with van der Waals surface area (Å²) in [6.45, 7) is 4.98. The van der Waals surface area contributed by atoms with Crippen molar-refractivity contribution in [3.8, 4) is 0 Å². The Kier molecular flexibility index (Phi) is 5.18. The molecule has 23 heavy (non-hydrogen) atoms. The van der Waals surface area contributed by atoms with Crippen LogP contribution in [0.15, 0.2) is 36.7 Å². The van der Waals surface area contributed by atoms with Crippen molar-refractivity contribution < 1.29 is 0 Å². The molecule has 0 spiro atoms. The van der Waals surface area contributed by atoms with Crippen LogP contribution >= 0.6 is 0 Å². The van der Waals surface area contributed by atoms with Gasteiger partial charge in [0.1, 0.15) is 0 Å². The van der Waals surface area contributed by atoms with Gasteiger partial charge in [-0.25, -0.2) is 9.97 Å². The molecule has 0 saturated carbocycles. The van der Waals surface area contributed by atoms with Gasteiger partial charge in [0.2, 0.25) is 5.95 Å². The van der Waals surface area contributed by atoms with Gasteiger partial charge in [-0.15, -0.1) is 0 Å². The zero-order valence-electron chi connectivity index (χ0n) is 14.0. The van der Waals surface area contributed by atoms with E-state index in [-0.39, 0.29) is 0 Å². The van der Waals surface area contributed by atoms with Crippen LogP contribution in [0.1, 0.15) is 30.7 Å². The van der Waals surface area contributed by atoms with E-state index in [1.807, 2.05) is 31.5 Å². The van der Waals surface area contributed by atoms with Crippen molar-refractivity contribution in [3.63, 3.8) is 0 Å². The summed E-state index contributed by atoms with van der Waals surface area (Å²) in [6.07, 6.45) is 7.25. The zero-order valence-corrected chi connectivity index (χ0v) is 14.0. The maximum Gasteiger partial charge on any atom is 0.225 e. The SMILES string of the molecule is Cc1ccnc(N2CCCC(N(C)Cc3ccccn3)CC2)n1. The molecule has 0 bridgehead atoms. The quantitative estimate of drug-likeness (QED) is 0.868. The minimum atomic E-state index is 0.590. The Balaban J connectivity index is 1.60. The highest BCUT2D eigenvalue weighted by atomic mass is 15.3. The van der Waals surface area contributed by atoms with Gasteiger partial charge in [0.05, 0.1) is 5.69 Å². The van der Waals surface area contributed by atoms with Crippen molar-refractivity contribution in [2.45, 2.75) is 38.8 Å². The molecule has 0 aliphatic carbocycles. The summed E-state index contributed by atoms with van der Waals surface area (Å²) in [5, 5.41) is 0. The van der Waals surface area contributed by atoms with Crippen molar-refractivity contribution in [3.05, 3.63) is 48.0 Å². The second-order valence-corrected chi connectivity index (χ2v) is 6.31. The van der Waals surface area contributed by atoms with Crippen LogP contribution in [0.5, 0.6) is 0 Å². The van der Waals surface area contributed by atoms with Gasteiger partial charge in [-0.1, -0.05) is 6.07 Å². The molecule has 1 fully saturated rings. The lowest BCUT2D eigenvalue weighted by Crippen LogP contribution is -2.33. The van der Waals surface area contributed by atoms with Crippen LogP contribution in [0, 0.1) is 6.92 Å². The van der Waals surface area contributed by atoms with Gasteiger partial charge in [0.15, 0.2) is 0 Å². The molecule has 3 heterocycles. The first-order valence-corrected chi connectivity index (χ1v) is 8.37. The Labute approximate surface area is 138 Å².